The van der Waals surface area contributed by atoms with Gasteiger partial charge in [-0.15, -0.1) is 0 Å². The third-order valence-corrected chi connectivity index (χ3v) is 10.7. The minimum absolute atomic E-state index is 0.545. The highest BCUT2D eigenvalue weighted by Crippen LogP contribution is 2.39. The summed E-state index contributed by atoms with van der Waals surface area (Å²) in [5.41, 5.74) is 13.9. The Balaban J connectivity index is 0.913. The molecule has 0 saturated heterocycles. The maximum atomic E-state index is 6.23. The standard InChI is InChI=1S/C50H29N5O3/c1-2-8-41-40(7-1)51-47-39-26-20-35(29-46(39)58-50(47)52-41)32-13-14-34-28-38(25-19-33(34)27-32)55(36-21-15-30(16-22-36)48-53-42-9-3-5-11-44(42)56-48)37-23-17-31(18-24-37)49-54-43-10-4-6-12-45(43)57-49/h1-29H. The number of para-hydroxylation sites is 6. The van der Waals surface area contributed by atoms with Crippen molar-refractivity contribution in [2.24, 2.45) is 0 Å². The highest BCUT2D eigenvalue weighted by Gasteiger charge is 2.17. The van der Waals surface area contributed by atoms with E-state index in [-0.39, 0.29) is 0 Å². The van der Waals surface area contributed by atoms with E-state index in [1.165, 1.54) is 0 Å². The van der Waals surface area contributed by atoms with Gasteiger partial charge < -0.3 is 18.2 Å². The molecule has 0 radical (unpaired) electrons. The van der Waals surface area contributed by atoms with Crippen LogP contribution < -0.4 is 4.90 Å². The number of hydrogen-bond donors (Lipinski definition) is 0. The second-order valence-corrected chi connectivity index (χ2v) is 14.3. The first kappa shape index (κ1) is 32.2. The van der Waals surface area contributed by atoms with Crippen LogP contribution in [-0.2, 0) is 0 Å². The minimum Gasteiger partial charge on any atom is -0.436 e. The maximum absolute atomic E-state index is 6.23. The Kier molecular flexibility index (Phi) is 7.06. The number of hydrogen-bond acceptors (Lipinski definition) is 8. The smallest absolute Gasteiger partial charge is 0.246 e. The van der Waals surface area contributed by atoms with Gasteiger partial charge in [-0.3, -0.25) is 0 Å². The molecule has 12 rings (SSSR count). The normalized spacial score (nSPS) is 11.8. The summed E-state index contributed by atoms with van der Waals surface area (Å²) in [6.07, 6.45) is 0. The summed E-state index contributed by atoms with van der Waals surface area (Å²) in [6, 6.07) is 59.6. The first-order valence-corrected chi connectivity index (χ1v) is 19.0. The van der Waals surface area contributed by atoms with E-state index in [0.717, 1.165) is 99.8 Å². The molecule has 12 aromatic rings. The van der Waals surface area contributed by atoms with Crippen molar-refractivity contribution in [3.8, 4) is 34.0 Å². The van der Waals surface area contributed by atoms with Crippen molar-refractivity contribution in [2.45, 2.75) is 0 Å². The van der Waals surface area contributed by atoms with Crippen LogP contribution in [0.3, 0.4) is 0 Å². The predicted octanol–water partition coefficient (Wildman–Crippen LogP) is 13.4. The number of aromatic nitrogens is 4. The molecule has 0 aliphatic heterocycles. The van der Waals surface area contributed by atoms with E-state index in [0.29, 0.717) is 17.5 Å². The van der Waals surface area contributed by atoms with Gasteiger partial charge in [-0.05, 0) is 137 Å². The highest BCUT2D eigenvalue weighted by molar-refractivity contribution is 6.05. The average Bonchev–Trinajstić information content (AvgIpc) is 4.01. The van der Waals surface area contributed by atoms with Crippen LogP contribution in [0.25, 0.3) is 100 Å². The molecule has 4 aromatic heterocycles. The summed E-state index contributed by atoms with van der Waals surface area (Å²) in [4.78, 5) is 21.3. The number of benzene rings is 8. The molecule has 0 fully saturated rings. The summed E-state index contributed by atoms with van der Waals surface area (Å²) in [6.45, 7) is 0. The molecule has 0 aliphatic carbocycles. The van der Waals surface area contributed by atoms with Gasteiger partial charge in [0.15, 0.2) is 11.2 Å². The van der Waals surface area contributed by atoms with Crippen LogP contribution in [-0.4, -0.2) is 19.9 Å². The number of anilines is 3. The second kappa shape index (κ2) is 12.7. The summed E-state index contributed by atoms with van der Waals surface area (Å²) < 4.78 is 18.4. The van der Waals surface area contributed by atoms with Gasteiger partial charge >= 0.3 is 0 Å². The van der Waals surface area contributed by atoms with Crippen LogP contribution in [0.4, 0.5) is 17.1 Å². The largest absolute Gasteiger partial charge is 0.436 e. The number of rotatable bonds is 6. The molecule has 0 atom stereocenters. The third-order valence-electron chi connectivity index (χ3n) is 10.7. The molecule has 4 heterocycles. The Morgan fingerprint density at radius 2 is 0.845 bits per heavy atom. The summed E-state index contributed by atoms with van der Waals surface area (Å²) in [7, 11) is 0. The lowest BCUT2D eigenvalue weighted by Gasteiger charge is -2.26. The van der Waals surface area contributed by atoms with Crippen molar-refractivity contribution < 1.29 is 13.3 Å². The molecule has 0 saturated carbocycles. The molecular weight excluding hydrogens is 719 g/mol. The second-order valence-electron chi connectivity index (χ2n) is 14.3. The number of furan rings is 1. The predicted molar refractivity (Wildman–Crippen MR) is 230 cm³/mol. The number of fused-ring (bicyclic) bond motifs is 7. The fourth-order valence-electron chi connectivity index (χ4n) is 7.81. The first-order chi connectivity index (χ1) is 28.7. The molecular formula is C50H29N5O3. The highest BCUT2D eigenvalue weighted by atomic mass is 16.4. The summed E-state index contributed by atoms with van der Waals surface area (Å²) in [5.74, 6) is 1.18. The average molecular weight is 748 g/mol. The first-order valence-electron chi connectivity index (χ1n) is 19.0. The molecule has 0 unspecified atom stereocenters. The van der Waals surface area contributed by atoms with E-state index >= 15 is 0 Å². The molecule has 8 heteroatoms. The van der Waals surface area contributed by atoms with Crippen molar-refractivity contribution in [1.29, 1.82) is 0 Å². The van der Waals surface area contributed by atoms with Gasteiger partial charge in [0.2, 0.25) is 17.5 Å². The van der Waals surface area contributed by atoms with Crippen LogP contribution in [0.2, 0.25) is 0 Å². The van der Waals surface area contributed by atoms with Gasteiger partial charge in [0.1, 0.15) is 22.1 Å². The van der Waals surface area contributed by atoms with E-state index in [4.69, 9.17) is 33.2 Å². The van der Waals surface area contributed by atoms with Gasteiger partial charge in [0, 0.05) is 33.6 Å². The molecule has 0 spiro atoms. The van der Waals surface area contributed by atoms with E-state index < -0.39 is 0 Å². The Hall–Kier alpha value is -8.10. The van der Waals surface area contributed by atoms with Gasteiger partial charge in [-0.2, -0.15) is 0 Å². The molecule has 0 N–H and O–H groups in total. The zero-order valence-electron chi connectivity index (χ0n) is 30.7. The Morgan fingerprint density at radius 3 is 1.48 bits per heavy atom. The molecule has 272 valence electrons. The fraction of sp³-hybridized carbons (Fsp3) is 0. The quantitative estimate of drug-likeness (QED) is 0.166. The minimum atomic E-state index is 0.545. The van der Waals surface area contributed by atoms with E-state index in [9.17, 15) is 0 Å². The molecule has 8 nitrogen and oxygen atoms in total. The molecule has 0 amide bonds. The molecule has 0 aliphatic rings. The van der Waals surface area contributed by atoms with Crippen molar-refractivity contribution in [3.05, 3.63) is 176 Å². The van der Waals surface area contributed by atoms with Gasteiger partial charge in [0.25, 0.3) is 0 Å². The number of nitrogens with zero attached hydrogens (tertiary/aromatic N) is 5. The fourth-order valence-corrected chi connectivity index (χ4v) is 7.81. The zero-order chi connectivity index (χ0) is 38.2. The van der Waals surface area contributed by atoms with Crippen molar-refractivity contribution in [3.63, 3.8) is 0 Å². The molecule has 0 bridgehead atoms. The van der Waals surface area contributed by atoms with Gasteiger partial charge in [0.05, 0.1) is 11.0 Å². The topological polar surface area (TPSA) is 94.2 Å². The third kappa shape index (κ3) is 5.38. The lowest BCUT2D eigenvalue weighted by atomic mass is 10.00. The van der Waals surface area contributed by atoms with Gasteiger partial charge in [-0.25, -0.2) is 19.9 Å². The molecule has 8 aromatic carbocycles. The van der Waals surface area contributed by atoms with Crippen LogP contribution in [0, 0.1) is 0 Å². The monoisotopic (exact) mass is 747 g/mol. The van der Waals surface area contributed by atoms with Crippen LogP contribution in [0.5, 0.6) is 0 Å². The Bertz CT molecular complexity index is 3350. The Labute approximate surface area is 330 Å². The van der Waals surface area contributed by atoms with Crippen molar-refractivity contribution >= 4 is 83.3 Å². The van der Waals surface area contributed by atoms with Crippen LogP contribution in [0.15, 0.2) is 189 Å². The van der Waals surface area contributed by atoms with Crippen LogP contribution in [0.1, 0.15) is 0 Å². The zero-order valence-corrected chi connectivity index (χ0v) is 30.7. The maximum Gasteiger partial charge on any atom is 0.246 e. The lowest BCUT2D eigenvalue weighted by molar-refractivity contribution is 0.619. The SMILES string of the molecule is c1ccc2nc3c(nc2c1)oc1cc(-c2ccc4cc(N(c5ccc(-c6nc7ccccc7o6)cc5)c5ccc(-c6nc7ccccc7o6)cc5)ccc4c2)ccc13. The van der Waals surface area contributed by atoms with E-state index in [2.05, 4.69) is 108 Å². The number of oxazole rings is 2. The van der Waals surface area contributed by atoms with E-state index in [1.807, 2.05) is 72.8 Å². The van der Waals surface area contributed by atoms with Crippen molar-refractivity contribution in [2.75, 3.05) is 4.90 Å². The lowest BCUT2D eigenvalue weighted by Crippen LogP contribution is -2.09. The summed E-state index contributed by atoms with van der Waals surface area (Å²) >= 11 is 0. The van der Waals surface area contributed by atoms with Crippen molar-refractivity contribution in [1.82, 2.24) is 19.9 Å². The molecule has 58 heavy (non-hydrogen) atoms. The summed E-state index contributed by atoms with van der Waals surface area (Å²) in [5, 5.41) is 3.19. The van der Waals surface area contributed by atoms with Crippen LogP contribution >= 0.6 is 0 Å². The van der Waals surface area contributed by atoms with E-state index in [1.54, 1.807) is 0 Å². The Morgan fingerprint density at radius 1 is 0.345 bits per heavy atom. The van der Waals surface area contributed by atoms with Gasteiger partial charge in [-0.1, -0.05) is 60.7 Å².